The summed E-state index contributed by atoms with van der Waals surface area (Å²) in [4.78, 5) is 0. The van der Waals surface area contributed by atoms with Gasteiger partial charge in [-0.25, -0.2) is 0 Å². The van der Waals surface area contributed by atoms with Gasteiger partial charge < -0.3 is 15.3 Å². The van der Waals surface area contributed by atoms with Gasteiger partial charge in [-0.15, -0.1) is 0 Å². The molecule has 4 aliphatic rings. The highest BCUT2D eigenvalue weighted by molar-refractivity contribution is 5.45. The summed E-state index contributed by atoms with van der Waals surface area (Å²) in [6.07, 6.45) is 8.22. The molecule has 0 saturated heterocycles. The van der Waals surface area contributed by atoms with Crippen molar-refractivity contribution in [3.8, 4) is 5.75 Å². The number of aryl methyl sites for hydroxylation is 1. The predicted octanol–water partition coefficient (Wildman–Crippen LogP) is 2.89. The molecule has 1 aromatic carbocycles. The smallest absolute Gasteiger partial charge is 0.115 e. The third-order valence-electron chi connectivity index (χ3n) is 7.94. The molecular weight excluding hydrogens is 288 g/mol. The molecule has 1 aromatic rings. The van der Waals surface area contributed by atoms with Gasteiger partial charge in [0.15, 0.2) is 0 Å². The zero-order valence-corrected chi connectivity index (χ0v) is 13.5. The Bertz CT molecular complexity index is 726. The molecule has 122 valence electrons. The maximum absolute atomic E-state index is 11.1. The van der Waals surface area contributed by atoms with Crippen molar-refractivity contribution in [2.45, 2.75) is 56.7 Å². The van der Waals surface area contributed by atoms with Crippen LogP contribution in [0.1, 0.15) is 49.7 Å². The molecule has 6 atom stereocenters. The molecule has 2 saturated carbocycles. The summed E-state index contributed by atoms with van der Waals surface area (Å²) < 4.78 is 0. The molecule has 0 unspecified atom stereocenters. The zero-order valence-electron chi connectivity index (χ0n) is 13.5. The molecule has 3 N–H and O–H groups in total. The molecule has 0 aliphatic heterocycles. The van der Waals surface area contributed by atoms with Gasteiger partial charge in [0.1, 0.15) is 11.4 Å². The van der Waals surface area contributed by atoms with Crippen LogP contribution in [0.4, 0.5) is 0 Å². The topological polar surface area (TPSA) is 60.7 Å². The fraction of sp³-hybridized carbons (Fsp3) is 0.600. The lowest BCUT2D eigenvalue weighted by atomic mass is 9.48. The minimum Gasteiger partial charge on any atom is -0.508 e. The Morgan fingerprint density at radius 2 is 2.00 bits per heavy atom. The van der Waals surface area contributed by atoms with E-state index in [1.807, 2.05) is 12.1 Å². The minimum absolute atomic E-state index is 0.0837. The SMILES string of the molecule is C[C@]12CC[C@@H]3c4ccc(O)cc4CC[C@H]3[C@@]13C=C[C@@]2(O)[C@@H](O)C3. The highest BCUT2D eigenvalue weighted by Crippen LogP contribution is 2.74. The van der Waals surface area contributed by atoms with Gasteiger partial charge in [-0.1, -0.05) is 25.1 Å². The molecule has 0 aromatic heterocycles. The van der Waals surface area contributed by atoms with E-state index in [4.69, 9.17) is 0 Å². The van der Waals surface area contributed by atoms with Gasteiger partial charge in [0.25, 0.3) is 0 Å². The Morgan fingerprint density at radius 1 is 1.17 bits per heavy atom. The van der Waals surface area contributed by atoms with Crippen molar-refractivity contribution in [1.29, 1.82) is 0 Å². The van der Waals surface area contributed by atoms with Gasteiger partial charge in [0.05, 0.1) is 6.10 Å². The van der Waals surface area contributed by atoms with Crippen molar-refractivity contribution in [1.82, 2.24) is 0 Å². The van der Waals surface area contributed by atoms with E-state index in [0.717, 1.165) is 25.7 Å². The zero-order chi connectivity index (χ0) is 16.0. The molecule has 23 heavy (non-hydrogen) atoms. The first-order valence-corrected chi connectivity index (χ1v) is 8.84. The molecule has 2 fully saturated rings. The fourth-order valence-electron chi connectivity index (χ4n) is 6.70. The first-order chi connectivity index (χ1) is 10.9. The van der Waals surface area contributed by atoms with Crippen LogP contribution in [0, 0.1) is 16.7 Å². The second kappa shape index (κ2) is 4.01. The lowest BCUT2D eigenvalue weighted by Crippen LogP contribution is -2.53. The summed E-state index contributed by atoms with van der Waals surface area (Å²) >= 11 is 0. The summed E-state index contributed by atoms with van der Waals surface area (Å²) in [5, 5.41) is 31.4. The minimum atomic E-state index is -1.05. The molecule has 5 rings (SSSR count). The number of allylic oxidation sites excluding steroid dienone is 1. The standard InChI is InChI=1S/C20H24O3/c1-18-7-6-15-14-4-3-13(21)10-12(14)2-5-16(15)19(18)8-9-20(18,23)17(22)11-19/h3-4,8-10,15-17,21-23H,2,5-7,11H2,1H3/t15-,16-,17+,18+,19+,20-/m1/s1. The Morgan fingerprint density at radius 3 is 2.78 bits per heavy atom. The van der Waals surface area contributed by atoms with Gasteiger partial charge >= 0.3 is 0 Å². The number of hydrogen-bond donors (Lipinski definition) is 3. The number of aromatic hydroxyl groups is 1. The van der Waals surface area contributed by atoms with E-state index in [2.05, 4.69) is 19.1 Å². The average molecular weight is 312 g/mol. The predicted molar refractivity (Wildman–Crippen MR) is 87.1 cm³/mol. The Balaban J connectivity index is 1.64. The monoisotopic (exact) mass is 312 g/mol. The maximum atomic E-state index is 11.1. The first-order valence-electron chi connectivity index (χ1n) is 8.84. The molecule has 0 heterocycles. The first kappa shape index (κ1) is 14.1. The van der Waals surface area contributed by atoms with E-state index >= 15 is 0 Å². The number of rotatable bonds is 0. The Hall–Kier alpha value is -1.32. The summed E-state index contributed by atoms with van der Waals surface area (Å²) in [7, 11) is 0. The van der Waals surface area contributed by atoms with Crippen LogP contribution in [0.25, 0.3) is 0 Å². The number of phenols is 1. The van der Waals surface area contributed by atoms with E-state index in [-0.39, 0.29) is 10.8 Å². The van der Waals surface area contributed by atoms with Crippen LogP contribution >= 0.6 is 0 Å². The molecule has 0 radical (unpaired) electrons. The number of aliphatic hydroxyl groups is 2. The molecular formula is C20H24O3. The summed E-state index contributed by atoms with van der Waals surface area (Å²) in [5.74, 6) is 1.30. The largest absolute Gasteiger partial charge is 0.508 e. The van der Waals surface area contributed by atoms with Crippen molar-refractivity contribution in [3.05, 3.63) is 41.5 Å². The van der Waals surface area contributed by atoms with Crippen molar-refractivity contribution in [2.75, 3.05) is 0 Å². The van der Waals surface area contributed by atoms with Crippen LogP contribution < -0.4 is 0 Å². The third kappa shape index (κ3) is 1.37. The van der Waals surface area contributed by atoms with Crippen molar-refractivity contribution >= 4 is 0 Å². The van der Waals surface area contributed by atoms with Gasteiger partial charge in [-0.2, -0.15) is 0 Å². The van der Waals surface area contributed by atoms with Crippen LogP contribution in [0.2, 0.25) is 0 Å². The van der Waals surface area contributed by atoms with E-state index in [1.54, 1.807) is 6.07 Å². The maximum Gasteiger partial charge on any atom is 0.115 e. The Labute approximate surface area is 136 Å². The fourth-order valence-corrected chi connectivity index (χ4v) is 6.70. The molecule has 3 nitrogen and oxygen atoms in total. The van der Waals surface area contributed by atoms with E-state index in [0.29, 0.717) is 24.0 Å². The van der Waals surface area contributed by atoms with Crippen LogP contribution in [0.3, 0.4) is 0 Å². The summed E-state index contributed by atoms with van der Waals surface area (Å²) in [5.41, 5.74) is 1.28. The quantitative estimate of drug-likeness (QED) is 0.646. The van der Waals surface area contributed by atoms with E-state index < -0.39 is 11.7 Å². The number of benzene rings is 1. The lowest BCUT2D eigenvalue weighted by Gasteiger charge is -2.56. The number of fused-ring (bicyclic) bond motifs is 3. The second-order valence-corrected chi connectivity index (χ2v) is 8.42. The van der Waals surface area contributed by atoms with Crippen LogP contribution in [-0.4, -0.2) is 27.0 Å². The average Bonchev–Trinajstić information content (AvgIpc) is 2.86. The number of aliphatic hydroxyl groups excluding tert-OH is 1. The molecule has 0 spiro atoms. The third-order valence-corrected chi connectivity index (χ3v) is 7.94. The van der Waals surface area contributed by atoms with Crippen molar-refractivity contribution in [2.24, 2.45) is 16.7 Å². The van der Waals surface area contributed by atoms with Gasteiger partial charge in [-0.05, 0) is 67.2 Å². The van der Waals surface area contributed by atoms with Crippen LogP contribution in [-0.2, 0) is 6.42 Å². The van der Waals surface area contributed by atoms with Gasteiger partial charge in [0, 0.05) is 10.8 Å². The number of phenolic OH excluding ortho intramolecular Hbond substituents is 1. The highest BCUT2D eigenvalue weighted by Gasteiger charge is 2.74. The van der Waals surface area contributed by atoms with E-state index in [1.165, 1.54) is 11.1 Å². The van der Waals surface area contributed by atoms with Crippen LogP contribution in [0.15, 0.2) is 30.4 Å². The molecule has 4 aliphatic carbocycles. The molecule has 0 amide bonds. The Kier molecular flexibility index (Phi) is 2.45. The van der Waals surface area contributed by atoms with Crippen LogP contribution in [0.5, 0.6) is 5.75 Å². The van der Waals surface area contributed by atoms with E-state index in [9.17, 15) is 15.3 Å². The van der Waals surface area contributed by atoms with Gasteiger partial charge in [-0.3, -0.25) is 0 Å². The summed E-state index contributed by atoms with van der Waals surface area (Å²) in [6, 6.07) is 5.81. The molecule has 3 heteroatoms. The number of hydrogen-bond acceptors (Lipinski definition) is 3. The summed E-state index contributed by atoms with van der Waals surface area (Å²) in [6.45, 7) is 2.19. The lowest BCUT2D eigenvalue weighted by molar-refractivity contribution is -0.112. The highest BCUT2D eigenvalue weighted by atomic mass is 16.3. The normalized spacial score (nSPS) is 49.6. The van der Waals surface area contributed by atoms with Crippen molar-refractivity contribution in [3.63, 3.8) is 0 Å². The molecule has 2 bridgehead atoms. The van der Waals surface area contributed by atoms with Gasteiger partial charge in [0.2, 0.25) is 0 Å². The second-order valence-electron chi connectivity index (χ2n) is 8.42. The van der Waals surface area contributed by atoms with Crippen molar-refractivity contribution < 1.29 is 15.3 Å².